The molecule has 0 bridgehead atoms. The summed E-state index contributed by atoms with van der Waals surface area (Å²) in [5.41, 5.74) is 0.871. The smallest absolute Gasteiger partial charge is 0.252 e. The SMILES string of the molecule is CC(O)(CCc1ccccc1)CNC(=O)c1cccc2ccccc12. The second-order valence-electron chi connectivity index (χ2n) is 6.69. The summed E-state index contributed by atoms with van der Waals surface area (Å²) in [6, 6.07) is 23.6. The van der Waals surface area contributed by atoms with Crippen LogP contribution in [0, 0.1) is 0 Å². The third-order valence-electron chi connectivity index (χ3n) is 4.46. The predicted octanol–water partition coefficient (Wildman–Crippen LogP) is 3.95. The maximum atomic E-state index is 12.6. The molecule has 0 radical (unpaired) electrons. The minimum absolute atomic E-state index is 0.156. The number of amides is 1. The molecule has 3 aromatic carbocycles. The second kappa shape index (κ2) is 7.49. The summed E-state index contributed by atoms with van der Waals surface area (Å²) >= 11 is 0. The number of nitrogens with one attached hydrogen (secondary N) is 1. The average Bonchev–Trinajstić information content (AvgIpc) is 2.65. The van der Waals surface area contributed by atoms with E-state index in [0.717, 1.165) is 17.2 Å². The van der Waals surface area contributed by atoms with Crippen LogP contribution in [-0.4, -0.2) is 23.2 Å². The summed E-state index contributed by atoms with van der Waals surface area (Å²) in [6.07, 6.45) is 1.37. The first kappa shape index (κ1) is 17.2. The molecule has 3 rings (SSSR count). The van der Waals surface area contributed by atoms with Gasteiger partial charge >= 0.3 is 0 Å². The van der Waals surface area contributed by atoms with E-state index in [-0.39, 0.29) is 12.5 Å². The first-order valence-electron chi connectivity index (χ1n) is 8.57. The molecule has 3 nitrogen and oxygen atoms in total. The summed E-state index contributed by atoms with van der Waals surface area (Å²) in [7, 11) is 0. The van der Waals surface area contributed by atoms with Crippen LogP contribution in [0.25, 0.3) is 10.8 Å². The zero-order chi connectivity index (χ0) is 17.7. The van der Waals surface area contributed by atoms with Crippen LogP contribution in [0.3, 0.4) is 0 Å². The molecular formula is C22H23NO2. The number of aryl methyl sites for hydroxylation is 1. The lowest BCUT2D eigenvalue weighted by molar-refractivity contribution is 0.0479. The van der Waals surface area contributed by atoms with Crippen molar-refractivity contribution in [3.8, 4) is 0 Å². The normalized spacial score (nSPS) is 13.4. The van der Waals surface area contributed by atoms with Gasteiger partial charge < -0.3 is 10.4 Å². The van der Waals surface area contributed by atoms with Crippen LogP contribution in [-0.2, 0) is 6.42 Å². The van der Waals surface area contributed by atoms with Crippen LogP contribution in [0.2, 0.25) is 0 Å². The van der Waals surface area contributed by atoms with Gasteiger partial charge in [-0.05, 0) is 42.2 Å². The van der Waals surface area contributed by atoms with Crippen LogP contribution in [0.1, 0.15) is 29.3 Å². The highest BCUT2D eigenvalue weighted by atomic mass is 16.3. The molecule has 0 saturated heterocycles. The van der Waals surface area contributed by atoms with Gasteiger partial charge in [-0.2, -0.15) is 0 Å². The third kappa shape index (κ3) is 4.46. The summed E-state index contributed by atoms with van der Waals surface area (Å²) in [5, 5.41) is 15.4. The quantitative estimate of drug-likeness (QED) is 0.717. The maximum absolute atomic E-state index is 12.6. The number of rotatable bonds is 6. The highest BCUT2D eigenvalue weighted by Gasteiger charge is 2.21. The highest BCUT2D eigenvalue weighted by Crippen LogP contribution is 2.19. The molecule has 0 spiro atoms. The van der Waals surface area contributed by atoms with Crippen molar-refractivity contribution in [2.75, 3.05) is 6.54 Å². The van der Waals surface area contributed by atoms with Gasteiger partial charge in [0.25, 0.3) is 5.91 Å². The van der Waals surface area contributed by atoms with Gasteiger partial charge in [0.2, 0.25) is 0 Å². The van der Waals surface area contributed by atoms with E-state index in [1.165, 1.54) is 5.56 Å². The van der Waals surface area contributed by atoms with E-state index < -0.39 is 5.60 Å². The molecule has 0 aliphatic carbocycles. The van der Waals surface area contributed by atoms with Crippen molar-refractivity contribution in [3.63, 3.8) is 0 Å². The van der Waals surface area contributed by atoms with Crippen molar-refractivity contribution in [2.24, 2.45) is 0 Å². The Morgan fingerprint density at radius 2 is 1.64 bits per heavy atom. The van der Waals surface area contributed by atoms with Gasteiger partial charge in [0.15, 0.2) is 0 Å². The predicted molar refractivity (Wildman–Crippen MR) is 102 cm³/mol. The lowest BCUT2D eigenvalue weighted by Crippen LogP contribution is -2.41. The Bertz CT molecular complexity index is 851. The highest BCUT2D eigenvalue weighted by molar-refractivity contribution is 6.07. The molecule has 0 saturated carbocycles. The van der Waals surface area contributed by atoms with Crippen molar-refractivity contribution in [2.45, 2.75) is 25.4 Å². The number of hydrogen-bond donors (Lipinski definition) is 2. The van der Waals surface area contributed by atoms with Gasteiger partial charge in [0.1, 0.15) is 0 Å². The van der Waals surface area contributed by atoms with E-state index in [1.807, 2.05) is 72.8 Å². The summed E-state index contributed by atoms with van der Waals surface area (Å²) in [5.74, 6) is -0.156. The van der Waals surface area contributed by atoms with Crippen molar-refractivity contribution < 1.29 is 9.90 Å². The Hall–Kier alpha value is -2.65. The van der Waals surface area contributed by atoms with Gasteiger partial charge in [0.05, 0.1) is 5.60 Å². The topological polar surface area (TPSA) is 49.3 Å². The van der Waals surface area contributed by atoms with Crippen LogP contribution in [0.4, 0.5) is 0 Å². The Morgan fingerprint density at radius 1 is 0.960 bits per heavy atom. The van der Waals surface area contributed by atoms with Gasteiger partial charge in [-0.25, -0.2) is 0 Å². The Balaban J connectivity index is 1.62. The van der Waals surface area contributed by atoms with E-state index in [9.17, 15) is 9.90 Å². The number of hydrogen-bond acceptors (Lipinski definition) is 2. The van der Waals surface area contributed by atoms with E-state index in [1.54, 1.807) is 6.92 Å². The summed E-state index contributed by atoms with van der Waals surface area (Å²) < 4.78 is 0. The summed E-state index contributed by atoms with van der Waals surface area (Å²) in [6.45, 7) is 1.99. The fraction of sp³-hybridized carbons (Fsp3) is 0.227. The molecule has 0 aromatic heterocycles. The molecule has 3 aromatic rings. The van der Waals surface area contributed by atoms with Crippen molar-refractivity contribution in [3.05, 3.63) is 83.9 Å². The first-order valence-corrected chi connectivity index (χ1v) is 8.57. The van der Waals surface area contributed by atoms with Crippen LogP contribution < -0.4 is 5.32 Å². The molecular weight excluding hydrogens is 310 g/mol. The maximum Gasteiger partial charge on any atom is 0.252 e. The van der Waals surface area contributed by atoms with Crippen molar-refractivity contribution in [1.82, 2.24) is 5.32 Å². The van der Waals surface area contributed by atoms with E-state index in [2.05, 4.69) is 5.32 Å². The first-order chi connectivity index (χ1) is 12.1. The van der Waals surface area contributed by atoms with Crippen LogP contribution in [0.15, 0.2) is 72.8 Å². The zero-order valence-electron chi connectivity index (χ0n) is 14.4. The Labute approximate surface area is 148 Å². The number of fused-ring (bicyclic) bond motifs is 1. The van der Waals surface area contributed by atoms with E-state index in [0.29, 0.717) is 12.0 Å². The molecule has 0 fully saturated rings. The Morgan fingerprint density at radius 3 is 2.44 bits per heavy atom. The zero-order valence-corrected chi connectivity index (χ0v) is 14.4. The summed E-state index contributed by atoms with van der Waals surface area (Å²) in [4.78, 5) is 12.6. The number of carbonyl (C=O) groups excluding carboxylic acids is 1. The van der Waals surface area contributed by atoms with Crippen molar-refractivity contribution >= 4 is 16.7 Å². The number of aliphatic hydroxyl groups is 1. The molecule has 1 unspecified atom stereocenters. The molecule has 0 aliphatic heterocycles. The molecule has 2 N–H and O–H groups in total. The minimum Gasteiger partial charge on any atom is -0.388 e. The Kier molecular flexibility index (Phi) is 5.15. The molecule has 128 valence electrons. The van der Waals surface area contributed by atoms with E-state index >= 15 is 0 Å². The van der Waals surface area contributed by atoms with Gasteiger partial charge in [0, 0.05) is 12.1 Å². The van der Waals surface area contributed by atoms with Gasteiger partial charge in [-0.1, -0.05) is 66.7 Å². The molecule has 0 aliphatic rings. The molecule has 3 heteroatoms. The molecule has 0 heterocycles. The minimum atomic E-state index is -0.948. The van der Waals surface area contributed by atoms with E-state index in [4.69, 9.17) is 0 Å². The third-order valence-corrected chi connectivity index (χ3v) is 4.46. The standard InChI is InChI=1S/C22H23NO2/c1-22(25,15-14-17-8-3-2-4-9-17)16-23-21(24)20-13-7-11-18-10-5-6-12-19(18)20/h2-13,25H,14-16H2,1H3,(H,23,24). The lowest BCUT2D eigenvalue weighted by atomic mass is 9.96. The molecule has 25 heavy (non-hydrogen) atoms. The number of benzene rings is 3. The second-order valence-corrected chi connectivity index (χ2v) is 6.69. The fourth-order valence-corrected chi connectivity index (χ4v) is 2.94. The number of carbonyl (C=O) groups is 1. The van der Waals surface area contributed by atoms with Crippen molar-refractivity contribution in [1.29, 1.82) is 0 Å². The monoisotopic (exact) mass is 333 g/mol. The molecule has 1 amide bonds. The van der Waals surface area contributed by atoms with Crippen LogP contribution >= 0.6 is 0 Å². The van der Waals surface area contributed by atoms with Gasteiger partial charge in [-0.15, -0.1) is 0 Å². The lowest BCUT2D eigenvalue weighted by Gasteiger charge is -2.24. The van der Waals surface area contributed by atoms with Crippen LogP contribution in [0.5, 0.6) is 0 Å². The average molecular weight is 333 g/mol. The van der Waals surface area contributed by atoms with Gasteiger partial charge in [-0.3, -0.25) is 4.79 Å². The fourth-order valence-electron chi connectivity index (χ4n) is 2.94. The molecule has 1 atom stereocenters. The largest absolute Gasteiger partial charge is 0.388 e.